The summed E-state index contributed by atoms with van der Waals surface area (Å²) >= 11 is 0. The van der Waals surface area contributed by atoms with E-state index in [1.165, 1.54) is 6.07 Å². The fourth-order valence-corrected chi connectivity index (χ4v) is 3.76. The van der Waals surface area contributed by atoms with Gasteiger partial charge in [0.1, 0.15) is 0 Å². The van der Waals surface area contributed by atoms with E-state index >= 15 is 0 Å². The summed E-state index contributed by atoms with van der Waals surface area (Å²) in [4.78, 5) is 20.1. The van der Waals surface area contributed by atoms with Gasteiger partial charge in [-0.3, -0.25) is 4.79 Å². The number of hydrogen-bond acceptors (Lipinski definition) is 5. The Bertz CT molecular complexity index is 807. The first kappa shape index (κ1) is 19.0. The Morgan fingerprint density at radius 3 is 2.74 bits per heavy atom. The normalized spacial score (nSPS) is 21.2. The molecule has 0 bridgehead atoms. The van der Waals surface area contributed by atoms with Crippen LogP contribution in [-0.2, 0) is 11.3 Å². The third-order valence-corrected chi connectivity index (χ3v) is 5.13. The smallest absolute Gasteiger partial charge is 0.253 e. The van der Waals surface area contributed by atoms with E-state index in [-0.39, 0.29) is 24.2 Å². The van der Waals surface area contributed by atoms with E-state index in [1.54, 1.807) is 17.0 Å². The summed E-state index contributed by atoms with van der Waals surface area (Å²) in [5, 5.41) is 17.0. The highest BCUT2D eigenvalue weighted by Gasteiger charge is 2.40. The van der Waals surface area contributed by atoms with Crippen molar-refractivity contribution < 1.29 is 14.6 Å². The summed E-state index contributed by atoms with van der Waals surface area (Å²) in [5.74, 6) is -0.168. The number of azide groups is 2. The maximum Gasteiger partial charge on any atom is 0.253 e. The van der Waals surface area contributed by atoms with Gasteiger partial charge in [0.15, 0.2) is 0 Å². The number of amides is 1. The maximum atomic E-state index is 12.9. The van der Waals surface area contributed by atoms with Gasteiger partial charge in [-0.25, -0.2) is 0 Å². The monoisotopic (exact) mass is 371 g/mol. The van der Waals surface area contributed by atoms with Crippen LogP contribution < -0.4 is 0 Å². The number of nitrogens with zero attached hydrogens (tertiary/aromatic N) is 7. The van der Waals surface area contributed by atoms with Crippen molar-refractivity contribution in [2.45, 2.75) is 43.9 Å². The molecule has 1 amide bonds. The van der Waals surface area contributed by atoms with Crippen LogP contribution in [0.2, 0.25) is 0 Å². The number of aliphatic hydroxyl groups excluding tert-OH is 1. The van der Waals surface area contributed by atoms with Gasteiger partial charge in [0, 0.05) is 47.2 Å². The van der Waals surface area contributed by atoms with E-state index in [0.717, 1.165) is 0 Å². The Morgan fingerprint density at radius 2 is 2.07 bits per heavy atom. The van der Waals surface area contributed by atoms with Crippen LogP contribution in [0.1, 0.15) is 41.6 Å². The number of likely N-dealkylation sites (tertiary alicyclic amines) is 1. The van der Waals surface area contributed by atoms with Crippen molar-refractivity contribution in [2.75, 3.05) is 19.7 Å². The summed E-state index contributed by atoms with van der Waals surface area (Å²) in [7, 11) is 0. The summed E-state index contributed by atoms with van der Waals surface area (Å²) < 4.78 is 5.93. The number of carbonyl (C=O) groups excluding carboxylic acids is 1. The lowest BCUT2D eigenvalue weighted by Crippen LogP contribution is -2.51. The van der Waals surface area contributed by atoms with E-state index in [0.29, 0.717) is 62.2 Å². The molecule has 2 saturated heterocycles. The average Bonchev–Trinajstić information content (AvgIpc) is 2.66. The summed E-state index contributed by atoms with van der Waals surface area (Å²) in [5.41, 5.74) is 18.1. The molecule has 1 aromatic carbocycles. The molecule has 2 fully saturated rings. The van der Waals surface area contributed by atoms with Crippen LogP contribution in [0.4, 0.5) is 5.69 Å². The third-order valence-electron chi connectivity index (χ3n) is 5.13. The molecule has 10 heteroatoms. The SMILES string of the molecule is [N-]=[N+]=NCc1cc(N=[N+]=[N-])cc(C(=O)N2CCC3(CC2)CC(O)CCO3)c1. The molecule has 2 aliphatic rings. The minimum Gasteiger partial charge on any atom is -0.393 e. The van der Waals surface area contributed by atoms with Crippen molar-refractivity contribution in [1.82, 2.24) is 4.90 Å². The van der Waals surface area contributed by atoms with E-state index in [9.17, 15) is 9.90 Å². The van der Waals surface area contributed by atoms with Crippen molar-refractivity contribution in [3.05, 3.63) is 50.2 Å². The van der Waals surface area contributed by atoms with E-state index < -0.39 is 0 Å². The molecule has 0 saturated carbocycles. The maximum absolute atomic E-state index is 12.9. The number of benzene rings is 1. The molecule has 0 aliphatic carbocycles. The molecule has 1 spiro atoms. The number of ether oxygens (including phenoxy) is 1. The van der Waals surface area contributed by atoms with Crippen LogP contribution in [0.15, 0.2) is 28.4 Å². The molecule has 1 atom stereocenters. The molecule has 0 radical (unpaired) electrons. The minimum atomic E-state index is -0.343. The Kier molecular flexibility index (Phi) is 5.83. The first-order valence-corrected chi connectivity index (χ1v) is 8.86. The first-order chi connectivity index (χ1) is 13.0. The van der Waals surface area contributed by atoms with E-state index in [4.69, 9.17) is 15.8 Å². The molecule has 2 aliphatic heterocycles. The van der Waals surface area contributed by atoms with Crippen LogP contribution in [0.3, 0.4) is 0 Å². The lowest BCUT2D eigenvalue weighted by Gasteiger charge is -2.45. The van der Waals surface area contributed by atoms with Crippen LogP contribution in [0.25, 0.3) is 20.9 Å². The van der Waals surface area contributed by atoms with Gasteiger partial charge < -0.3 is 14.7 Å². The topological polar surface area (TPSA) is 147 Å². The van der Waals surface area contributed by atoms with Gasteiger partial charge in [-0.1, -0.05) is 10.2 Å². The van der Waals surface area contributed by atoms with E-state index in [2.05, 4.69) is 20.1 Å². The predicted molar refractivity (Wildman–Crippen MR) is 97.2 cm³/mol. The molecule has 1 aromatic rings. The molecule has 27 heavy (non-hydrogen) atoms. The van der Waals surface area contributed by atoms with Crippen LogP contribution in [0.5, 0.6) is 0 Å². The minimum absolute atomic E-state index is 0.0698. The van der Waals surface area contributed by atoms with Gasteiger partial charge in [-0.2, -0.15) is 0 Å². The van der Waals surface area contributed by atoms with Crippen molar-refractivity contribution in [1.29, 1.82) is 0 Å². The average molecular weight is 371 g/mol. The van der Waals surface area contributed by atoms with Gasteiger partial charge in [0.05, 0.1) is 18.2 Å². The fourth-order valence-electron chi connectivity index (χ4n) is 3.76. The molecular formula is C17H21N7O3. The number of rotatable bonds is 4. The van der Waals surface area contributed by atoms with Crippen LogP contribution in [-0.4, -0.2) is 47.3 Å². The van der Waals surface area contributed by atoms with Crippen molar-refractivity contribution in [2.24, 2.45) is 10.2 Å². The summed E-state index contributed by atoms with van der Waals surface area (Å²) in [6.07, 6.45) is 2.28. The predicted octanol–water partition coefficient (Wildman–Crippen LogP) is 3.58. The van der Waals surface area contributed by atoms with Gasteiger partial charge in [-0.05, 0) is 54.1 Å². The molecule has 2 heterocycles. The largest absolute Gasteiger partial charge is 0.393 e. The second-order valence-corrected chi connectivity index (χ2v) is 6.94. The number of aliphatic hydroxyl groups is 1. The highest BCUT2D eigenvalue weighted by Crippen LogP contribution is 2.35. The zero-order chi connectivity index (χ0) is 19.3. The lowest BCUT2D eigenvalue weighted by atomic mass is 9.83. The zero-order valence-electron chi connectivity index (χ0n) is 14.9. The standard InChI is InChI=1S/C17H21N7O3/c18-22-20-11-12-7-13(9-14(8-12)21-23-19)16(26)24-4-2-17(3-5-24)10-15(25)1-6-27-17/h7-9,15,25H,1-6,10-11H2. The summed E-state index contributed by atoms with van der Waals surface area (Å²) in [6, 6.07) is 4.78. The lowest BCUT2D eigenvalue weighted by molar-refractivity contribution is -0.139. The third kappa shape index (κ3) is 4.50. The quantitative estimate of drug-likeness (QED) is 0.490. The molecule has 1 unspecified atom stereocenters. The van der Waals surface area contributed by atoms with Crippen molar-refractivity contribution >= 4 is 11.6 Å². The second-order valence-electron chi connectivity index (χ2n) is 6.94. The van der Waals surface area contributed by atoms with Gasteiger partial charge in [0.25, 0.3) is 5.91 Å². The molecule has 0 aromatic heterocycles. The molecular weight excluding hydrogens is 350 g/mol. The zero-order valence-corrected chi connectivity index (χ0v) is 14.9. The Labute approximate surface area is 156 Å². The Hall–Kier alpha value is -2.77. The van der Waals surface area contributed by atoms with Gasteiger partial charge in [0.2, 0.25) is 0 Å². The first-order valence-electron chi connectivity index (χ1n) is 8.86. The second kappa shape index (κ2) is 8.28. The molecule has 10 nitrogen and oxygen atoms in total. The van der Waals surface area contributed by atoms with Crippen molar-refractivity contribution in [3.8, 4) is 0 Å². The number of hydrogen-bond donors (Lipinski definition) is 1. The van der Waals surface area contributed by atoms with Crippen LogP contribution in [0, 0.1) is 0 Å². The molecule has 3 rings (SSSR count). The fraction of sp³-hybridized carbons (Fsp3) is 0.588. The molecule has 1 N–H and O–H groups in total. The highest BCUT2D eigenvalue weighted by molar-refractivity contribution is 5.95. The number of piperidine rings is 1. The Balaban J connectivity index is 1.74. The van der Waals surface area contributed by atoms with E-state index in [1.807, 2.05) is 0 Å². The summed E-state index contributed by atoms with van der Waals surface area (Å²) in [6.45, 7) is 1.68. The Morgan fingerprint density at radius 1 is 1.30 bits per heavy atom. The van der Waals surface area contributed by atoms with Crippen LogP contribution >= 0.6 is 0 Å². The number of carbonyl (C=O) groups is 1. The van der Waals surface area contributed by atoms with Gasteiger partial charge >= 0.3 is 0 Å². The van der Waals surface area contributed by atoms with Gasteiger partial charge in [-0.15, -0.1) is 0 Å². The van der Waals surface area contributed by atoms with Crippen molar-refractivity contribution in [3.63, 3.8) is 0 Å². The highest BCUT2D eigenvalue weighted by atomic mass is 16.5. The molecule has 142 valence electrons.